The third kappa shape index (κ3) is 7.23. The summed E-state index contributed by atoms with van der Waals surface area (Å²) in [5.74, 6) is 1.03. The van der Waals surface area contributed by atoms with Crippen LogP contribution in [0.2, 0.25) is 0 Å². The van der Waals surface area contributed by atoms with Crippen LogP contribution in [0.3, 0.4) is 0 Å². The highest BCUT2D eigenvalue weighted by molar-refractivity contribution is 6.14. The number of aliphatic imine (C=N–C) groups is 1. The number of benzene rings is 4. The standard InChI is InChI=1S/C44H46N4O9/c1-53-37-21-31-33(45-25-29-19-27-11-5-7-13-34(27)47(29)43(31)51)23-39(37)56-17-9-4-10-18-57-40-24-36-32(22-38(40)54-2)44(52)48-30(20-28-12-6-8-14-35(28)48)26-46(36)41(49)15-16-42(50)55-3/h5-8,11-14,21-25,29-30,44,52H,4,9-10,15-20,26H2,1-3H3/t29-,30-,44?/m0/s1. The van der Waals surface area contributed by atoms with Crippen molar-refractivity contribution >= 4 is 46.7 Å². The van der Waals surface area contributed by atoms with Gasteiger partial charge in [0.05, 0.1) is 70.0 Å². The molecule has 4 aliphatic rings. The molecule has 0 radical (unpaired) electrons. The van der Waals surface area contributed by atoms with E-state index in [0.717, 1.165) is 41.8 Å². The van der Waals surface area contributed by atoms with Crippen molar-refractivity contribution in [1.29, 1.82) is 0 Å². The number of hydrogen-bond donors (Lipinski definition) is 1. The molecule has 4 heterocycles. The summed E-state index contributed by atoms with van der Waals surface area (Å²) < 4.78 is 28.6. The van der Waals surface area contributed by atoms with Gasteiger partial charge in [-0.05, 0) is 61.1 Å². The number of rotatable bonds is 13. The molecule has 1 unspecified atom stereocenters. The molecule has 0 fully saturated rings. The monoisotopic (exact) mass is 774 g/mol. The Kier molecular flexibility index (Phi) is 10.7. The van der Waals surface area contributed by atoms with Crippen molar-refractivity contribution in [3.8, 4) is 23.0 Å². The number of hydrogen-bond acceptors (Lipinski definition) is 11. The van der Waals surface area contributed by atoms with Gasteiger partial charge in [0.15, 0.2) is 29.2 Å². The molecule has 1 N–H and O–H groups in total. The molecular weight excluding hydrogens is 729 g/mol. The second-order valence-corrected chi connectivity index (χ2v) is 14.5. The summed E-state index contributed by atoms with van der Waals surface area (Å²) >= 11 is 0. The third-order valence-corrected chi connectivity index (χ3v) is 11.2. The summed E-state index contributed by atoms with van der Waals surface area (Å²) in [4.78, 5) is 49.6. The van der Waals surface area contributed by atoms with Crippen LogP contribution in [0.4, 0.5) is 22.7 Å². The molecule has 57 heavy (non-hydrogen) atoms. The maximum absolute atomic E-state index is 13.8. The molecule has 3 atom stereocenters. The highest BCUT2D eigenvalue weighted by Gasteiger charge is 2.42. The Hall–Kier alpha value is -6.08. The van der Waals surface area contributed by atoms with Gasteiger partial charge in [0.1, 0.15) is 0 Å². The first-order valence-electron chi connectivity index (χ1n) is 19.4. The SMILES string of the molecule is COC(=O)CCC(=O)N1C[C@@H]2Cc3ccccc3N2C(O)c2cc(OC)c(OCCCCCOc3cc4c(cc3OC)C(=O)N3c5ccccc5C[C@H]3C=N4)cc21. The number of aliphatic hydroxyl groups is 1. The Morgan fingerprint density at radius 3 is 2.16 bits per heavy atom. The zero-order valence-electron chi connectivity index (χ0n) is 32.3. The topological polar surface area (TPSA) is 140 Å². The van der Waals surface area contributed by atoms with Crippen molar-refractivity contribution in [2.45, 2.75) is 63.3 Å². The predicted octanol–water partition coefficient (Wildman–Crippen LogP) is 6.34. The van der Waals surface area contributed by atoms with Gasteiger partial charge in [-0.2, -0.15) is 0 Å². The molecule has 0 spiro atoms. The second kappa shape index (κ2) is 16.2. The van der Waals surface area contributed by atoms with Crippen LogP contribution in [0.1, 0.15) is 65.4 Å². The lowest BCUT2D eigenvalue weighted by atomic mass is 10.1. The molecule has 0 aliphatic carbocycles. The van der Waals surface area contributed by atoms with Crippen molar-refractivity contribution in [3.05, 3.63) is 95.1 Å². The number of carbonyl (C=O) groups excluding carboxylic acids is 3. The number of ether oxygens (including phenoxy) is 5. The summed E-state index contributed by atoms with van der Waals surface area (Å²) in [6, 6.07) is 22.5. The van der Waals surface area contributed by atoms with E-state index in [1.54, 1.807) is 43.4 Å². The molecule has 4 aromatic rings. The van der Waals surface area contributed by atoms with E-state index in [9.17, 15) is 19.5 Å². The van der Waals surface area contributed by atoms with E-state index in [0.29, 0.717) is 78.1 Å². The second-order valence-electron chi connectivity index (χ2n) is 14.5. The quantitative estimate of drug-likeness (QED) is 0.121. The lowest BCUT2D eigenvalue weighted by Gasteiger charge is -2.30. The minimum Gasteiger partial charge on any atom is -0.493 e. The first-order chi connectivity index (χ1) is 27.8. The van der Waals surface area contributed by atoms with E-state index < -0.39 is 12.2 Å². The fourth-order valence-electron chi connectivity index (χ4n) is 8.32. The van der Waals surface area contributed by atoms with Gasteiger partial charge < -0.3 is 38.6 Å². The number of methoxy groups -OCH3 is 3. The van der Waals surface area contributed by atoms with Gasteiger partial charge in [-0.15, -0.1) is 0 Å². The molecule has 13 heteroatoms. The first kappa shape index (κ1) is 37.8. The molecule has 8 rings (SSSR count). The van der Waals surface area contributed by atoms with Gasteiger partial charge in [0.25, 0.3) is 5.91 Å². The molecular formula is C44H46N4O9. The third-order valence-electron chi connectivity index (χ3n) is 11.2. The van der Waals surface area contributed by atoms with Crippen LogP contribution in [-0.2, 0) is 27.2 Å². The van der Waals surface area contributed by atoms with Gasteiger partial charge in [-0.3, -0.25) is 24.3 Å². The number of nitrogens with zero attached hydrogens (tertiary/aromatic N) is 4. The van der Waals surface area contributed by atoms with Crippen LogP contribution in [0.15, 0.2) is 77.8 Å². The zero-order chi connectivity index (χ0) is 39.6. The van der Waals surface area contributed by atoms with Gasteiger partial charge in [-0.1, -0.05) is 36.4 Å². The smallest absolute Gasteiger partial charge is 0.306 e. The minimum absolute atomic E-state index is 0.0388. The van der Waals surface area contributed by atoms with Gasteiger partial charge in [-0.25, -0.2) is 0 Å². The number of carbonyl (C=O) groups is 3. The lowest BCUT2D eigenvalue weighted by molar-refractivity contribution is -0.141. The summed E-state index contributed by atoms with van der Waals surface area (Å²) in [6.07, 6.45) is 4.31. The zero-order valence-corrected chi connectivity index (χ0v) is 32.3. The maximum atomic E-state index is 13.8. The molecule has 0 saturated heterocycles. The number of amides is 2. The minimum atomic E-state index is -1.05. The number of para-hydroxylation sites is 2. The number of unbranched alkanes of at least 4 members (excludes halogenated alkanes) is 2. The van der Waals surface area contributed by atoms with E-state index >= 15 is 0 Å². The van der Waals surface area contributed by atoms with Crippen LogP contribution in [0, 0.1) is 0 Å². The summed E-state index contributed by atoms with van der Waals surface area (Å²) in [5, 5.41) is 11.9. The molecule has 0 aromatic heterocycles. The van der Waals surface area contributed by atoms with Crippen LogP contribution in [0.25, 0.3) is 0 Å². The van der Waals surface area contributed by atoms with Crippen molar-refractivity contribution in [2.24, 2.45) is 4.99 Å². The summed E-state index contributed by atoms with van der Waals surface area (Å²) in [7, 11) is 4.40. The average Bonchev–Trinajstić information content (AvgIpc) is 3.73. The average molecular weight is 775 g/mol. The summed E-state index contributed by atoms with van der Waals surface area (Å²) in [5.41, 5.74) is 6.09. The normalized spacial score (nSPS) is 18.6. The molecule has 0 saturated carbocycles. The molecule has 4 aliphatic heterocycles. The fourth-order valence-corrected chi connectivity index (χ4v) is 8.32. The van der Waals surface area contributed by atoms with E-state index in [1.807, 2.05) is 64.5 Å². The lowest BCUT2D eigenvalue weighted by Crippen LogP contribution is -2.43. The van der Waals surface area contributed by atoms with Crippen LogP contribution in [0.5, 0.6) is 23.0 Å². The van der Waals surface area contributed by atoms with Crippen molar-refractivity contribution in [2.75, 3.05) is 55.8 Å². The largest absolute Gasteiger partial charge is 0.493 e. The molecule has 0 bridgehead atoms. The van der Waals surface area contributed by atoms with Crippen molar-refractivity contribution < 1.29 is 43.2 Å². The maximum Gasteiger partial charge on any atom is 0.306 e. The van der Waals surface area contributed by atoms with E-state index in [-0.39, 0.29) is 36.7 Å². The summed E-state index contributed by atoms with van der Waals surface area (Å²) in [6.45, 7) is 1.10. The van der Waals surface area contributed by atoms with E-state index in [1.165, 1.54) is 7.11 Å². The van der Waals surface area contributed by atoms with Crippen LogP contribution >= 0.6 is 0 Å². The Balaban J connectivity index is 0.918. The van der Waals surface area contributed by atoms with Crippen LogP contribution < -0.4 is 33.6 Å². The molecule has 4 aromatic carbocycles. The number of aliphatic hydroxyl groups excluding tert-OH is 1. The van der Waals surface area contributed by atoms with Gasteiger partial charge in [0, 0.05) is 54.7 Å². The van der Waals surface area contributed by atoms with E-state index in [2.05, 4.69) is 0 Å². The molecule has 296 valence electrons. The van der Waals surface area contributed by atoms with Crippen molar-refractivity contribution in [3.63, 3.8) is 0 Å². The van der Waals surface area contributed by atoms with Gasteiger partial charge in [0.2, 0.25) is 5.91 Å². The highest BCUT2D eigenvalue weighted by atomic mass is 16.5. The highest BCUT2D eigenvalue weighted by Crippen LogP contribution is 2.47. The predicted molar refractivity (Wildman–Crippen MR) is 215 cm³/mol. The number of fused-ring (bicyclic) bond motifs is 8. The Morgan fingerprint density at radius 1 is 0.772 bits per heavy atom. The molecule has 2 amide bonds. The number of anilines is 3. The first-order valence-corrected chi connectivity index (χ1v) is 19.4. The van der Waals surface area contributed by atoms with Crippen molar-refractivity contribution in [1.82, 2.24) is 0 Å². The number of esters is 1. The Labute approximate surface area is 331 Å². The molecule has 13 nitrogen and oxygen atoms in total. The Morgan fingerprint density at radius 2 is 1.44 bits per heavy atom. The fraction of sp³-hybridized carbons (Fsp3) is 0.364. The van der Waals surface area contributed by atoms with Crippen LogP contribution in [-0.4, -0.2) is 82.3 Å². The van der Waals surface area contributed by atoms with E-state index in [4.69, 9.17) is 28.7 Å². The Bertz CT molecular complexity index is 2220. The van der Waals surface area contributed by atoms with Gasteiger partial charge >= 0.3 is 5.97 Å².